The lowest BCUT2D eigenvalue weighted by molar-refractivity contribution is -0.202. The van der Waals surface area contributed by atoms with Gasteiger partial charge in [0.25, 0.3) is 0 Å². The predicted octanol–water partition coefficient (Wildman–Crippen LogP) is 2.46. The second-order valence-electron chi connectivity index (χ2n) is 6.00. The van der Waals surface area contributed by atoms with Gasteiger partial charge < -0.3 is 18.9 Å². The first-order chi connectivity index (χ1) is 12.3. The van der Waals surface area contributed by atoms with Gasteiger partial charge >= 0.3 is 17.9 Å². The van der Waals surface area contributed by atoms with Crippen LogP contribution >= 0.6 is 15.9 Å². The topological polar surface area (TPSA) is 88.1 Å². The SMILES string of the molecule is CC(=O)OCC1OC(Br)C(OC(=O)c2ccccc2)C(C)C1OC(C)=O. The van der Waals surface area contributed by atoms with E-state index in [9.17, 15) is 14.4 Å². The number of hydrogen-bond acceptors (Lipinski definition) is 7. The van der Waals surface area contributed by atoms with E-state index >= 15 is 0 Å². The summed E-state index contributed by atoms with van der Waals surface area (Å²) in [6, 6.07) is 8.56. The number of halogens is 1. The number of carbonyl (C=O) groups is 3. The largest absolute Gasteiger partial charge is 0.463 e. The molecule has 0 spiro atoms. The number of carbonyl (C=O) groups excluding carboxylic acids is 3. The van der Waals surface area contributed by atoms with Crippen molar-refractivity contribution in [1.29, 1.82) is 0 Å². The van der Waals surface area contributed by atoms with Crippen LogP contribution in [0.4, 0.5) is 0 Å². The molecule has 1 aliphatic heterocycles. The summed E-state index contributed by atoms with van der Waals surface area (Å²) in [5, 5.41) is -0.641. The van der Waals surface area contributed by atoms with E-state index in [1.165, 1.54) is 13.8 Å². The first-order valence-electron chi connectivity index (χ1n) is 8.15. The zero-order chi connectivity index (χ0) is 19.3. The van der Waals surface area contributed by atoms with Gasteiger partial charge in [-0.15, -0.1) is 0 Å². The molecule has 5 atom stereocenters. The van der Waals surface area contributed by atoms with Gasteiger partial charge in [-0.05, 0) is 12.1 Å². The number of rotatable bonds is 5. The van der Waals surface area contributed by atoms with E-state index in [4.69, 9.17) is 18.9 Å². The van der Waals surface area contributed by atoms with E-state index in [0.29, 0.717) is 5.56 Å². The van der Waals surface area contributed by atoms with Gasteiger partial charge in [0.1, 0.15) is 29.9 Å². The van der Waals surface area contributed by atoms with Crippen LogP contribution in [-0.4, -0.2) is 47.8 Å². The molecule has 0 saturated carbocycles. The minimum Gasteiger partial charge on any atom is -0.463 e. The van der Waals surface area contributed by atoms with Crippen molar-refractivity contribution in [3.63, 3.8) is 0 Å². The van der Waals surface area contributed by atoms with E-state index in [0.717, 1.165) is 0 Å². The maximum atomic E-state index is 12.4. The van der Waals surface area contributed by atoms with Crippen molar-refractivity contribution in [3.05, 3.63) is 35.9 Å². The maximum absolute atomic E-state index is 12.4. The molecule has 1 aromatic carbocycles. The van der Waals surface area contributed by atoms with Crippen molar-refractivity contribution in [2.24, 2.45) is 5.92 Å². The Morgan fingerprint density at radius 1 is 1.04 bits per heavy atom. The van der Waals surface area contributed by atoms with Gasteiger partial charge in [0.15, 0.2) is 0 Å². The number of benzene rings is 1. The van der Waals surface area contributed by atoms with Crippen LogP contribution in [0.25, 0.3) is 0 Å². The second-order valence-corrected chi connectivity index (χ2v) is 6.90. The molecule has 0 amide bonds. The van der Waals surface area contributed by atoms with Crippen LogP contribution in [0.3, 0.4) is 0 Å². The van der Waals surface area contributed by atoms with Crippen molar-refractivity contribution < 1.29 is 33.3 Å². The highest BCUT2D eigenvalue weighted by Gasteiger charge is 2.47. The summed E-state index contributed by atoms with van der Waals surface area (Å²) in [6.45, 7) is 4.27. The molecule has 0 N–H and O–H groups in total. The van der Waals surface area contributed by atoms with E-state index in [-0.39, 0.29) is 12.5 Å². The zero-order valence-corrected chi connectivity index (χ0v) is 16.3. The molecule has 1 fully saturated rings. The van der Waals surface area contributed by atoms with Crippen LogP contribution in [0.1, 0.15) is 31.1 Å². The van der Waals surface area contributed by atoms with Crippen LogP contribution in [0.15, 0.2) is 30.3 Å². The molecule has 1 heterocycles. The Hall–Kier alpha value is -1.93. The molecule has 26 heavy (non-hydrogen) atoms. The Labute approximate surface area is 160 Å². The molecule has 5 unspecified atom stereocenters. The van der Waals surface area contributed by atoms with Crippen molar-refractivity contribution in [2.45, 2.75) is 44.1 Å². The lowest BCUT2D eigenvalue weighted by Crippen LogP contribution is -2.55. The molecule has 1 aliphatic rings. The summed E-state index contributed by atoms with van der Waals surface area (Å²) in [5.74, 6) is -1.85. The third-order valence-electron chi connectivity index (χ3n) is 3.97. The lowest BCUT2D eigenvalue weighted by atomic mass is 9.91. The van der Waals surface area contributed by atoms with Gasteiger partial charge in [0.05, 0.1) is 5.56 Å². The smallest absolute Gasteiger partial charge is 0.338 e. The fourth-order valence-corrected chi connectivity index (χ4v) is 3.59. The van der Waals surface area contributed by atoms with E-state index in [1.54, 1.807) is 37.3 Å². The van der Waals surface area contributed by atoms with Gasteiger partial charge in [-0.25, -0.2) is 4.79 Å². The number of alkyl halides is 1. The Kier molecular flexibility index (Phi) is 7.16. The van der Waals surface area contributed by atoms with Crippen molar-refractivity contribution in [2.75, 3.05) is 6.61 Å². The molecule has 7 nitrogen and oxygen atoms in total. The summed E-state index contributed by atoms with van der Waals surface area (Å²) in [4.78, 5) is 34.9. The molecule has 1 aromatic rings. The molecule has 0 bridgehead atoms. The highest BCUT2D eigenvalue weighted by molar-refractivity contribution is 9.09. The van der Waals surface area contributed by atoms with Crippen molar-refractivity contribution >= 4 is 33.8 Å². The monoisotopic (exact) mass is 428 g/mol. The minimum atomic E-state index is -0.728. The average molecular weight is 429 g/mol. The second kappa shape index (κ2) is 9.14. The van der Waals surface area contributed by atoms with Gasteiger partial charge in [0.2, 0.25) is 0 Å². The fourth-order valence-electron chi connectivity index (χ4n) is 2.72. The Balaban J connectivity index is 2.14. The first kappa shape index (κ1) is 20.4. The van der Waals surface area contributed by atoms with Crippen LogP contribution in [0, 0.1) is 5.92 Å². The molecule has 8 heteroatoms. The van der Waals surface area contributed by atoms with Crippen molar-refractivity contribution in [3.8, 4) is 0 Å². The van der Waals surface area contributed by atoms with E-state index in [2.05, 4.69) is 15.9 Å². The summed E-state index contributed by atoms with van der Waals surface area (Å²) in [5.41, 5.74) is 0.408. The highest BCUT2D eigenvalue weighted by Crippen LogP contribution is 2.34. The minimum absolute atomic E-state index is 0.0704. The Morgan fingerprint density at radius 3 is 2.27 bits per heavy atom. The van der Waals surface area contributed by atoms with Crippen LogP contribution in [0.2, 0.25) is 0 Å². The number of hydrogen-bond donors (Lipinski definition) is 0. The standard InChI is InChI=1S/C18H21BrO7/c1-10-15(24-12(3)21)14(9-23-11(2)20)25-17(19)16(10)26-18(22)13-7-5-4-6-8-13/h4-8,10,14-17H,9H2,1-3H3. The van der Waals surface area contributed by atoms with Gasteiger partial charge in [-0.1, -0.05) is 41.1 Å². The average Bonchev–Trinajstić information content (AvgIpc) is 2.59. The van der Waals surface area contributed by atoms with Gasteiger partial charge in [0, 0.05) is 19.8 Å². The number of esters is 3. The summed E-state index contributed by atoms with van der Waals surface area (Å²) in [6.07, 6.45) is -2.09. The van der Waals surface area contributed by atoms with E-state index < -0.39 is 41.2 Å². The molecule has 1 saturated heterocycles. The Morgan fingerprint density at radius 2 is 1.69 bits per heavy atom. The van der Waals surface area contributed by atoms with Crippen LogP contribution in [-0.2, 0) is 28.5 Å². The summed E-state index contributed by atoms with van der Waals surface area (Å²) in [7, 11) is 0. The zero-order valence-electron chi connectivity index (χ0n) is 14.7. The third kappa shape index (κ3) is 5.28. The quantitative estimate of drug-likeness (QED) is 0.404. The molecule has 2 rings (SSSR count). The summed E-state index contributed by atoms with van der Waals surface area (Å²) < 4.78 is 21.7. The third-order valence-corrected chi connectivity index (χ3v) is 4.71. The molecular weight excluding hydrogens is 408 g/mol. The first-order valence-corrected chi connectivity index (χ1v) is 9.07. The van der Waals surface area contributed by atoms with Crippen molar-refractivity contribution in [1.82, 2.24) is 0 Å². The molecule has 0 aliphatic carbocycles. The Bertz CT molecular complexity index is 648. The summed E-state index contributed by atoms with van der Waals surface area (Å²) >= 11 is 3.36. The number of ether oxygens (including phenoxy) is 4. The lowest BCUT2D eigenvalue weighted by Gasteiger charge is -2.42. The highest BCUT2D eigenvalue weighted by atomic mass is 79.9. The maximum Gasteiger partial charge on any atom is 0.338 e. The van der Waals surface area contributed by atoms with E-state index in [1.807, 2.05) is 0 Å². The molecule has 142 valence electrons. The van der Waals surface area contributed by atoms with Gasteiger partial charge in [-0.3, -0.25) is 9.59 Å². The fraction of sp³-hybridized carbons (Fsp3) is 0.500. The van der Waals surface area contributed by atoms with Crippen LogP contribution < -0.4 is 0 Å². The molecular formula is C18H21BrO7. The predicted molar refractivity (Wildman–Crippen MR) is 94.6 cm³/mol. The van der Waals surface area contributed by atoms with Crippen LogP contribution in [0.5, 0.6) is 0 Å². The normalized spacial score (nSPS) is 28.1. The molecule has 0 aromatic heterocycles. The van der Waals surface area contributed by atoms with Gasteiger partial charge in [-0.2, -0.15) is 0 Å². The molecule has 0 radical (unpaired) electrons.